The highest BCUT2D eigenvalue weighted by molar-refractivity contribution is 5.91. The van der Waals surface area contributed by atoms with Crippen molar-refractivity contribution < 1.29 is 48.2 Å². The molecule has 2 N–H and O–H groups in total. The molecule has 0 aromatic heterocycles. The minimum Gasteiger partial charge on any atom is -0.488 e. The van der Waals surface area contributed by atoms with Crippen molar-refractivity contribution in [2.75, 3.05) is 92.1 Å². The van der Waals surface area contributed by atoms with E-state index < -0.39 is 11.9 Å². The Kier molecular flexibility index (Phi) is 17.7. The first kappa shape index (κ1) is 38.1. The summed E-state index contributed by atoms with van der Waals surface area (Å²) in [5.74, 6) is 0.921. The molecule has 0 radical (unpaired) electrons. The lowest BCUT2D eigenvalue weighted by molar-refractivity contribution is 0.0681. The number of benzene rings is 3. The monoisotopic (exact) mass is 668 g/mol. The topological polar surface area (TPSA) is 136 Å². The summed E-state index contributed by atoms with van der Waals surface area (Å²) in [5.41, 5.74) is 0.167. The largest absolute Gasteiger partial charge is 0.488 e. The Hall–Kier alpha value is -4.36. The van der Waals surface area contributed by atoms with Gasteiger partial charge in [-0.2, -0.15) is 0 Å². The number of carbonyl (C=O) groups is 2. The molecule has 0 saturated carbocycles. The highest BCUT2D eigenvalue weighted by atomic mass is 16.5. The number of fused-ring (bicyclic) bond motifs is 2. The summed E-state index contributed by atoms with van der Waals surface area (Å²) in [4.78, 5) is 25.3. The van der Waals surface area contributed by atoms with Gasteiger partial charge in [0, 0.05) is 52.5 Å². The van der Waals surface area contributed by atoms with Gasteiger partial charge in [0.15, 0.2) is 23.0 Å². The Labute approximate surface area is 282 Å². The maximum Gasteiger partial charge on any atom is 0.335 e. The van der Waals surface area contributed by atoms with Gasteiger partial charge in [0.2, 0.25) is 0 Å². The van der Waals surface area contributed by atoms with Crippen LogP contribution in [0.2, 0.25) is 0 Å². The van der Waals surface area contributed by atoms with E-state index in [0.717, 1.165) is 62.3 Å². The summed E-state index contributed by atoms with van der Waals surface area (Å²) in [6, 6.07) is 20.7. The van der Waals surface area contributed by atoms with Crippen LogP contribution in [0.3, 0.4) is 0 Å². The van der Waals surface area contributed by atoms with Crippen LogP contribution in [0.4, 0.5) is 0 Å². The first-order valence-electron chi connectivity index (χ1n) is 16.3. The number of hydrogen-bond acceptors (Lipinski definition) is 10. The third kappa shape index (κ3) is 14.2. The molecule has 1 aliphatic rings. The van der Waals surface area contributed by atoms with E-state index in [1.54, 1.807) is 0 Å². The lowest BCUT2D eigenvalue weighted by Crippen LogP contribution is -2.36. The molecule has 0 atom stereocenters. The second kappa shape index (κ2) is 22.3. The molecule has 0 fully saturated rings. The van der Waals surface area contributed by atoms with Gasteiger partial charge in [-0.15, -0.1) is 0 Å². The van der Waals surface area contributed by atoms with Gasteiger partial charge in [0.1, 0.15) is 26.4 Å². The van der Waals surface area contributed by atoms with E-state index in [0.29, 0.717) is 52.9 Å². The number of para-hydroxylation sites is 4. The van der Waals surface area contributed by atoms with Gasteiger partial charge in [-0.25, -0.2) is 9.59 Å². The molecule has 0 unspecified atom stereocenters. The Bertz CT molecular complexity index is 1190. The average Bonchev–Trinajstić information content (AvgIpc) is 3.09. The van der Waals surface area contributed by atoms with Gasteiger partial charge in [-0.1, -0.05) is 24.3 Å². The van der Waals surface area contributed by atoms with Crippen LogP contribution in [0.5, 0.6) is 23.0 Å². The second-order valence-corrected chi connectivity index (χ2v) is 10.6. The van der Waals surface area contributed by atoms with Crippen molar-refractivity contribution in [1.82, 2.24) is 9.80 Å². The maximum absolute atomic E-state index is 10.3. The van der Waals surface area contributed by atoms with Gasteiger partial charge in [-0.05, 0) is 62.4 Å². The molecule has 0 saturated heterocycles. The van der Waals surface area contributed by atoms with E-state index in [-0.39, 0.29) is 11.1 Å². The van der Waals surface area contributed by atoms with E-state index in [2.05, 4.69) is 9.80 Å². The van der Waals surface area contributed by atoms with Crippen molar-refractivity contribution in [2.24, 2.45) is 0 Å². The van der Waals surface area contributed by atoms with Crippen LogP contribution in [0.15, 0.2) is 72.8 Å². The normalized spacial score (nSPS) is 14.9. The van der Waals surface area contributed by atoms with Crippen molar-refractivity contribution >= 4 is 11.9 Å². The smallest absolute Gasteiger partial charge is 0.335 e. The molecule has 3 aromatic carbocycles. The molecular weight excluding hydrogens is 620 g/mol. The van der Waals surface area contributed by atoms with Gasteiger partial charge in [0.05, 0.1) is 24.3 Å². The zero-order chi connectivity index (χ0) is 34.4. The fourth-order valence-corrected chi connectivity index (χ4v) is 4.62. The number of aromatic carboxylic acids is 2. The summed E-state index contributed by atoms with van der Waals surface area (Å²) in [5, 5.41) is 16.9. The highest BCUT2D eigenvalue weighted by Gasteiger charge is 2.13. The molecule has 12 nitrogen and oxygen atoms in total. The Morgan fingerprint density at radius 3 is 1.10 bits per heavy atom. The molecule has 1 heterocycles. The van der Waals surface area contributed by atoms with Crippen LogP contribution in [-0.4, -0.2) is 124 Å². The van der Waals surface area contributed by atoms with E-state index in [4.69, 9.17) is 38.6 Å². The Balaban J connectivity index is 0.000000437. The summed E-state index contributed by atoms with van der Waals surface area (Å²) < 4.78 is 35.7. The van der Waals surface area contributed by atoms with E-state index >= 15 is 0 Å². The van der Waals surface area contributed by atoms with Gasteiger partial charge < -0.3 is 38.6 Å². The number of carboxylic acids is 2. The highest BCUT2D eigenvalue weighted by Crippen LogP contribution is 2.27. The Morgan fingerprint density at radius 1 is 0.562 bits per heavy atom. The van der Waals surface area contributed by atoms with Crippen LogP contribution < -0.4 is 18.9 Å². The second-order valence-electron chi connectivity index (χ2n) is 10.6. The van der Waals surface area contributed by atoms with E-state index in [1.807, 2.05) is 62.4 Å². The molecule has 1 aliphatic heterocycles. The molecule has 0 bridgehead atoms. The predicted octanol–water partition coefficient (Wildman–Crippen LogP) is 4.68. The first-order chi connectivity index (χ1) is 23.4. The number of hydrogen-bond donors (Lipinski definition) is 2. The number of carboxylic acid groups (broad SMARTS) is 2. The summed E-state index contributed by atoms with van der Waals surface area (Å²) in [7, 11) is 0. The minimum atomic E-state index is -1.06. The quantitative estimate of drug-likeness (QED) is 0.291. The van der Waals surface area contributed by atoms with Gasteiger partial charge >= 0.3 is 11.9 Å². The SMILES string of the molecule is CCOCCN1CCOc2ccccc2OCCN(CCOCC)CCOc2ccccc2OCC1.O=C(O)c1ccc(C(=O)O)cc1. The molecule has 4 rings (SSSR count). The summed E-state index contributed by atoms with van der Waals surface area (Å²) in [6.45, 7) is 13.6. The average molecular weight is 669 g/mol. The molecule has 12 heteroatoms. The van der Waals surface area contributed by atoms with Crippen LogP contribution in [0, 0.1) is 0 Å². The zero-order valence-electron chi connectivity index (χ0n) is 27.9. The lowest BCUT2D eigenvalue weighted by atomic mass is 10.1. The number of rotatable bonds is 10. The molecule has 3 aromatic rings. The predicted molar refractivity (Wildman–Crippen MR) is 181 cm³/mol. The maximum atomic E-state index is 10.3. The number of nitrogens with zero attached hydrogens (tertiary/aromatic N) is 2. The van der Waals surface area contributed by atoms with Gasteiger partial charge in [0.25, 0.3) is 0 Å². The molecule has 0 aliphatic carbocycles. The molecule has 0 spiro atoms. The van der Waals surface area contributed by atoms with Crippen molar-refractivity contribution in [1.29, 1.82) is 0 Å². The van der Waals surface area contributed by atoms with Crippen LogP contribution in [0.1, 0.15) is 34.6 Å². The van der Waals surface area contributed by atoms with Crippen LogP contribution >= 0.6 is 0 Å². The van der Waals surface area contributed by atoms with Crippen molar-refractivity contribution in [3.8, 4) is 23.0 Å². The minimum absolute atomic E-state index is 0.0833. The third-order valence-electron chi connectivity index (χ3n) is 7.25. The first-order valence-corrected chi connectivity index (χ1v) is 16.3. The van der Waals surface area contributed by atoms with Crippen molar-refractivity contribution in [2.45, 2.75) is 13.8 Å². The van der Waals surface area contributed by atoms with E-state index in [1.165, 1.54) is 24.3 Å². The van der Waals surface area contributed by atoms with Crippen molar-refractivity contribution in [3.05, 3.63) is 83.9 Å². The summed E-state index contributed by atoms with van der Waals surface area (Å²) >= 11 is 0. The molecule has 262 valence electrons. The fourth-order valence-electron chi connectivity index (χ4n) is 4.62. The Morgan fingerprint density at radius 2 is 0.854 bits per heavy atom. The summed E-state index contributed by atoms with van der Waals surface area (Å²) in [6.07, 6.45) is 0. The standard InChI is InChI=1S/C28H42N2O6.C8H6O4/c1-3-31-19-13-29-15-21-33-25-9-5-7-11-27(25)35-23-17-30(14-20-32-4-2)18-24-36-28-12-8-6-10-26(28)34-22-16-29;9-7(10)5-1-2-6(4-3-5)8(11)12/h5-12H,3-4,13-24H2,1-2H3;1-4H,(H,9,10)(H,11,12). The molecule has 48 heavy (non-hydrogen) atoms. The van der Waals surface area contributed by atoms with Crippen LogP contribution in [-0.2, 0) is 9.47 Å². The zero-order valence-corrected chi connectivity index (χ0v) is 27.9. The lowest BCUT2D eigenvalue weighted by Gasteiger charge is -2.25. The molecule has 0 amide bonds. The number of ether oxygens (including phenoxy) is 6. The van der Waals surface area contributed by atoms with Crippen molar-refractivity contribution in [3.63, 3.8) is 0 Å². The fraction of sp³-hybridized carbons (Fsp3) is 0.444. The van der Waals surface area contributed by atoms with Gasteiger partial charge in [-0.3, -0.25) is 9.80 Å². The van der Waals surface area contributed by atoms with Crippen LogP contribution in [0.25, 0.3) is 0 Å². The van der Waals surface area contributed by atoms with E-state index in [9.17, 15) is 9.59 Å². The molecular formula is C36H48N2O10. The third-order valence-corrected chi connectivity index (χ3v) is 7.25.